The number of halogens is 1. The minimum Gasteiger partial charge on any atom is -0.496 e. The predicted molar refractivity (Wildman–Crippen MR) is 96.4 cm³/mol. The van der Waals surface area contributed by atoms with E-state index in [0.29, 0.717) is 33.6 Å². The van der Waals surface area contributed by atoms with Gasteiger partial charge >= 0.3 is 0 Å². The first-order valence-electron chi connectivity index (χ1n) is 7.46. The summed E-state index contributed by atoms with van der Waals surface area (Å²) in [7, 11) is 3.12. The van der Waals surface area contributed by atoms with Crippen molar-refractivity contribution in [2.75, 3.05) is 26.1 Å². The summed E-state index contributed by atoms with van der Waals surface area (Å²) >= 11 is 6.23. The van der Waals surface area contributed by atoms with Crippen molar-refractivity contribution in [2.24, 2.45) is 5.73 Å². The molecule has 0 fully saturated rings. The van der Waals surface area contributed by atoms with Gasteiger partial charge in [-0.05, 0) is 12.1 Å². The molecule has 2 aromatic heterocycles. The third-order valence-corrected chi connectivity index (χ3v) is 3.97. The Morgan fingerprint density at radius 3 is 2.72 bits per heavy atom. The van der Waals surface area contributed by atoms with E-state index in [1.165, 1.54) is 0 Å². The van der Waals surface area contributed by atoms with E-state index in [0.717, 1.165) is 5.56 Å². The second-order valence-electron chi connectivity index (χ2n) is 5.25. The number of carbonyl (C=O) groups is 1. The summed E-state index contributed by atoms with van der Waals surface area (Å²) < 4.78 is 12.5. The van der Waals surface area contributed by atoms with Gasteiger partial charge in [-0.15, -0.1) is 0 Å². The number of hydrogen-bond acceptors (Lipinski definition) is 5. The first-order valence-corrected chi connectivity index (χ1v) is 7.84. The van der Waals surface area contributed by atoms with Crippen LogP contribution in [0.1, 0.15) is 0 Å². The molecule has 0 aliphatic heterocycles. The summed E-state index contributed by atoms with van der Waals surface area (Å²) in [6.07, 6.45) is 3.65. The summed E-state index contributed by atoms with van der Waals surface area (Å²) in [6, 6.07) is 6.99. The molecule has 7 nitrogen and oxygen atoms in total. The lowest BCUT2D eigenvalue weighted by molar-refractivity contribution is -0.114. The van der Waals surface area contributed by atoms with Gasteiger partial charge in [-0.3, -0.25) is 4.79 Å². The standard InChI is InChI=1S/C17H17ClN4O3/c1-24-14-7-15(25-2)12(18)6-11(14)13-9-22-4-3-10(5-16(22)21-13)20-17(23)8-19/h3-7,9H,8,19H2,1-2H3,(H,20,23). The van der Waals surface area contributed by atoms with Crippen molar-refractivity contribution in [3.05, 3.63) is 41.7 Å². The molecular formula is C17H17ClN4O3. The Hall–Kier alpha value is -2.77. The third kappa shape index (κ3) is 3.38. The highest BCUT2D eigenvalue weighted by molar-refractivity contribution is 6.32. The Morgan fingerprint density at radius 1 is 1.28 bits per heavy atom. The van der Waals surface area contributed by atoms with Crippen molar-refractivity contribution in [1.82, 2.24) is 9.38 Å². The van der Waals surface area contributed by atoms with Crippen molar-refractivity contribution < 1.29 is 14.3 Å². The molecule has 0 atom stereocenters. The maximum Gasteiger partial charge on any atom is 0.238 e. The van der Waals surface area contributed by atoms with Crippen LogP contribution in [-0.4, -0.2) is 36.1 Å². The van der Waals surface area contributed by atoms with Crippen LogP contribution in [0.3, 0.4) is 0 Å². The number of rotatable bonds is 5. The van der Waals surface area contributed by atoms with Gasteiger partial charge in [0, 0.05) is 35.8 Å². The van der Waals surface area contributed by atoms with Gasteiger partial charge in [0.1, 0.15) is 17.1 Å². The smallest absolute Gasteiger partial charge is 0.238 e. The van der Waals surface area contributed by atoms with E-state index in [1.807, 2.05) is 10.6 Å². The number of hydrogen-bond donors (Lipinski definition) is 2. The van der Waals surface area contributed by atoms with E-state index in [2.05, 4.69) is 10.3 Å². The van der Waals surface area contributed by atoms with Gasteiger partial charge in [0.15, 0.2) is 0 Å². The molecule has 0 aliphatic rings. The van der Waals surface area contributed by atoms with Crippen LogP contribution in [0.4, 0.5) is 5.69 Å². The van der Waals surface area contributed by atoms with Crippen LogP contribution < -0.4 is 20.5 Å². The number of carbonyl (C=O) groups excluding carboxylic acids is 1. The quantitative estimate of drug-likeness (QED) is 0.729. The molecule has 1 aromatic carbocycles. The predicted octanol–water partition coefficient (Wildman–Crippen LogP) is 2.57. The SMILES string of the molecule is COc1cc(OC)c(-c2cn3ccc(NC(=O)CN)cc3n2)cc1Cl. The average molecular weight is 361 g/mol. The summed E-state index contributed by atoms with van der Waals surface area (Å²) in [5.41, 5.74) is 8.03. The van der Waals surface area contributed by atoms with Crippen LogP contribution in [0, 0.1) is 0 Å². The molecule has 2 heterocycles. The van der Waals surface area contributed by atoms with Crippen LogP contribution in [0.15, 0.2) is 36.7 Å². The summed E-state index contributed by atoms with van der Waals surface area (Å²) in [5, 5.41) is 3.16. The molecule has 0 unspecified atom stereocenters. The van der Waals surface area contributed by atoms with Crippen LogP contribution in [0.5, 0.6) is 11.5 Å². The number of nitrogens with zero attached hydrogens (tertiary/aromatic N) is 2. The number of aromatic nitrogens is 2. The van der Waals surface area contributed by atoms with E-state index in [-0.39, 0.29) is 12.5 Å². The first kappa shape index (κ1) is 17.1. The Labute approximate surface area is 149 Å². The molecule has 0 spiro atoms. The van der Waals surface area contributed by atoms with Gasteiger partial charge in [-0.2, -0.15) is 0 Å². The Kier molecular flexibility index (Phi) is 4.78. The molecule has 130 valence electrons. The summed E-state index contributed by atoms with van der Waals surface area (Å²) in [6.45, 7) is -0.0770. The fourth-order valence-electron chi connectivity index (χ4n) is 2.46. The molecule has 0 saturated heterocycles. The molecule has 0 aliphatic carbocycles. The summed E-state index contributed by atoms with van der Waals surface area (Å²) in [5.74, 6) is 0.860. The zero-order valence-electron chi connectivity index (χ0n) is 13.7. The highest BCUT2D eigenvalue weighted by atomic mass is 35.5. The van der Waals surface area contributed by atoms with Gasteiger partial charge in [0.05, 0.1) is 31.5 Å². The highest BCUT2D eigenvalue weighted by Gasteiger charge is 2.15. The summed E-state index contributed by atoms with van der Waals surface area (Å²) in [4.78, 5) is 16.0. The number of imidazole rings is 1. The number of amides is 1. The molecule has 0 radical (unpaired) electrons. The lowest BCUT2D eigenvalue weighted by Gasteiger charge is -2.10. The minimum absolute atomic E-state index is 0.0770. The largest absolute Gasteiger partial charge is 0.496 e. The zero-order chi connectivity index (χ0) is 18.0. The number of ether oxygens (including phenoxy) is 2. The molecule has 0 saturated carbocycles. The Bertz CT molecular complexity index is 939. The van der Waals surface area contributed by atoms with Gasteiger partial charge < -0.3 is 24.9 Å². The number of benzene rings is 1. The van der Waals surface area contributed by atoms with Gasteiger partial charge in [-0.1, -0.05) is 11.6 Å². The molecular weight excluding hydrogens is 344 g/mol. The molecule has 8 heteroatoms. The molecule has 3 aromatic rings. The van der Waals surface area contributed by atoms with Gasteiger partial charge in [0.25, 0.3) is 0 Å². The van der Waals surface area contributed by atoms with Crippen LogP contribution in [0.25, 0.3) is 16.9 Å². The Morgan fingerprint density at radius 2 is 2.04 bits per heavy atom. The van der Waals surface area contributed by atoms with E-state index < -0.39 is 0 Å². The van der Waals surface area contributed by atoms with E-state index in [1.54, 1.807) is 44.7 Å². The zero-order valence-corrected chi connectivity index (χ0v) is 14.5. The average Bonchev–Trinajstić information content (AvgIpc) is 3.04. The maximum absolute atomic E-state index is 11.4. The normalized spacial score (nSPS) is 10.7. The lowest BCUT2D eigenvalue weighted by atomic mass is 10.1. The third-order valence-electron chi connectivity index (χ3n) is 3.68. The van der Waals surface area contributed by atoms with Crippen molar-refractivity contribution in [3.63, 3.8) is 0 Å². The number of fused-ring (bicyclic) bond motifs is 1. The van der Waals surface area contributed by atoms with E-state index >= 15 is 0 Å². The second-order valence-corrected chi connectivity index (χ2v) is 5.65. The number of nitrogens with one attached hydrogen (secondary N) is 1. The number of nitrogens with two attached hydrogens (primary N) is 1. The maximum atomic E-state index is 11.4. The van der Waals surface area contributed by atoms with Gasteiger partial charge in [0.2, 0.25) is 5.91 Å². The number of methoxy groups -OCH3 is 2. The second kappa shape index (κ2) is 7.00. The fraction of sp³-hybridized carbons (Fsp3) is 0.176. The highest BCUT2D eigenvalue weighted by Crippen LogP contribution is 2.38. The van der Waals surface area contributed by atoms with Gasteiger partial charge in [-0.25, -0.2) is 4.98 Å². The molecule has 25 heavy (non-hydrogen) atoms. The van der Waals surface area contributed by atoms with Crippen LogP contribution >= 0.6 is 11.6 Å². The van der Waals surface area contributed by atoms with E-state index in [9.17, 15) is 4.79 Å². The van der Waals surface area contributed by atoms with Crippen molar-refractivity contribution in [3.8, 4) is 22.8 Å². The first-order chi connectivity index (χ1) is 12.0. The fourth-order valence-corrected chi connectivity index (χ4v) is 2.70. The molecule has 3 N–H and O–H groups in total. The lowest BCUT2D eigenvalue weighted by Crippen LogP contribution is -2.21. The monoisotopic (exact) mass is 360 g/mol. The number of pyridine rings is 1. The van der Waals surface area contributed by atoms with Crippen molar-refractivity contribution in [2.45, 2.75) is 0 Å². The van der Waals surface area contributed by atoms with Crippen LogP contribution in [-0.2, 0) is 4.79 Å². The minimum atomic E-state index is -0.264. The van der Waals surface area contributed by atoms with Crippen LogP contribution in [0.2, 0.25) is 5.02 Å². The van der Waals surface area contributed by atoms with Crippen molar-refractivity contribution >= 4 is 28.8 Å². The molecule has 1 amide bonds. The molecule has 0 bridgehead atoms. The van der Waals surface area contributed by atoms with E-state index in [4.69, 9.17) is 26.8 Å². The Balaban J connectivity index is 2.04. The molecule has 3 rings (SSSR count). The number of anilines is 1. The topological polar surface area (TPSA) is 90.9 Å². The van der Waals surface area contributed by atoms with Crippen molar-refractivity contribution in [1.29, 1.82) is 0 Å².